The molecule has 15 heavy (non-hydrogen) atoms. The minimum Gasteiger partial charge on any atom is -0.290 e. The van der Waals surface area contributed by atoms with Crippen molar-refractivity contribution >= 4 is 5.78 Å². The second-order valence-electron chi connectivity index (χ2n) is 3.80. The van der Waals surface area contributed by atoms with Crippen LogP contribution < -0.4 is 0 Å². The average Bonchev–Trinajstić information content (AvgIpc) is 2.17. The molecule has 0 N–H and O–H groups in total. The van der Waals surface area contributed by atoms with Crippen molar-refractivity contribution < 1.29 is 4.79 Å². The van der Waals surface area contributed by atoms with E-state index in [1.54, 1.807) is 6.08 Å². The van der Waals surface area contributed by atoms with E-state index in [2.05, 4.69) is 33.4 Å². The quantitative estimate of drug-likeness (QED) is 0.363. The van der Waals surface area contributed by atoms with Crippen molar-refractivity contribution in [2.24, 2.45) is 0 Å². The highest BCUT2D eigenvalue weighted by atomic mass is 16.1. The molecule has 0 amide bonds. The molecule has 0 aliphatic heterocycles. The first-order valence-electron chi connectivity index (χ1n) is 5.20. The fourth-order valence-corrected chi connectivity index (χ4v) is 1.05. The molecule has 0 unspecified atom stereocenters. The predicted octanol–water partition coefficient (Wildman–Crippen LogP) is 3.99. The van der Waals surface area contributed by atoms with Crippen molar-refractivity contribution in [2.75, 3.05) is 0 Å². The molecule has 1 nitrogen and oxygen atoms in total. The lowest BCUT2D eigenvalue weighted by Crippen LogP contribution is -1.82. The molecule has 0 spiro atoms. The van der Waals surface area contributed by atoms with Gasteiger partial charge < -0.3 is 0 Å². The Bertz CT molecular complexity index is 299. The largest absolute Gasteiger partial charge is 0.290 e. The number of carbonyl (C=O) groups excluding carboxylic acids is 1. The second kappa shape index (κ2) is 7.98. The Hall–Kier alpha value is -1.37. The van der Waals surface area contributed by atoms with Crippen LogP contribution in [0.15, 0.2) is 48.1 Å². The number of allylic oxidation sites excluding steroid dienone is 7. The van der Waals surface area contributed by atoms with Gasteiger partial charge in [-0.1, -0.05) is 36.0 Å². The van der Waals surface area contributed by atoms with E-state index < -0.39 is 0 Å². The molecule has 0 bridgehead atoms. The lowest BCUT2D eigenvalue weighted by molar-refractivity contribution is -0.110. The van der Waals surface area contributed by atoms with Gasteiger partial charge in [0.05, 0.1) is 0 Å². The van der Waals surface area contributed by atoms with Gasteiger partial charge in [-0.25, -0.2) is 0 Å². The predicted molar refractivity (Wildman–Crippen MR) is 66.8 cm³/mol. The van der Waals surface area contributed by atoms with Crippen LogP contribution in [0.4, 0.5) is 0 Å². The first-order valence-corrected chi connectivity index (χ1v) is 5.20. The summed E-state index contributed by atoms with van der Waals surface area (Å²) in [4.78, 5) is 10.9. The number of ketones is 1. The third-order valence-corrected chi connectivity index (χ3v) is 1.93. The highest BCUT2D eigenvalue weighted by Gasteiger charge is 1.87. The molecule has 0 fully saturated rings. The van der Waals surface area contributed by atoms with Gasteiger partial charge in [0.15, 0.2) is 5.78 Å². The minimum absolute atomic E-state index is 0.0525. The fourth-order valence-electron chi connectivity index (χ4n) is 1.05. The van der Waals surface area contributed by atoms with Gasteiger partial charge in [-0.15, -0.1) is 0 Å². The zero-order chi connectivity index (χ0) is 11.7. The van der Waals surface area contributed by atoms with Gasteiger partial charge in [-0.3, -0.25) is 4.79 Å². The van der Waals surface area contributed by atoms with E-state index in [0.717, 1.165) is 12.8 Å². The maximum atomic E-state index is 10.9. The van der Waals surface area contributed by atoms with E-state index in [1.807, 2.05) is 6.08 Å². The van der Waals surface area contributed by atoms with Gasteiger partial charge >= 0.3 is 0 Å². The van der Waals surface area contributed by atoms with Gasteiger partial charge in [-0.05, 0) is 45.8 Å². The minimum atomic E-state index is -0.0525. The Labute approximate surface area is 92.9 Å². The van der Waals surface area contributed by atoms with Crippen LogP contribution in [0.25, 0.3) is 0 Å². The Balaban J connectivity index is 3.99. The molecule has 0 saturated carbocycles. The topological polar surface area (TPSA) is 17.1 Å². The van der Waals surface area contributed by atoms with Crippen LogP contribution >= 0.6 is 0 Å². The second-order valence-corrected chi connectivity index (χ2v) is 3.80. The number of hydrogen-bond acceptors (Lipinski definition) is 1. The maximum Gasteiger partial charge on any atom is 0.178 e. The molecule has 0 aliphatic carbocycles. The molecule has 0 heterocycles. The number of rotatable bonds is 6. The molecule has 0 aromatic rings. The molecule has 0 aromatic carbocycles. The summed E-state index contributed by atoms with van der Waals surface area (Å²) < 4.78 is 0. The van der Waals surface area contributed by atoms with Crippen LogP contribution in [-0.2, 0) is 4.79 Å². The Morgan fingerprint density at radius 2 is 1.93 bits per heavy atom. The third-order valence-electron chi connectivity index (χ3n) is 1.93. The first kappa shape index (κ1) is 13.6. The molecular weight excluding hydrogens is 184 g/mol. The lowest BCUT2D eigenvalue weighted by Gasteiger charge is -1.96. The van der Waals surface area contributed by atoms with Crippen molar-refractivity contribution in [3.63, 3.8) is 0 Å². The standard InChI is InChI=1S/C14H20O/c1-5-14(15)11-7-10-13(4)9-6-8-12(2)3/h5,7-8,10-11H,1,6,9H2,2-4H3. The maximum absolute atomic E-state index is 10.9. The summed E-state index contributed by atoms with van der Waals surface area (Å²) >= 11 is 0. The summed E-state index contributed by atoms with van der Waals surface area (Å²) in [7, 11) is 0. The first-order chi connectivity index (χ1) is 7.06. The Kier molecular flexibility index (Phi) is 7.25. The van der Waals surface area contributed by atoms with Crippen LogP contribution in [0.1, 0.15) is 33.6 Å². The van der Waals surface area contributed by atoms with Crippen molar-refractivity contribution in [1.29, 1.82) is 0 Å². The van der Waals surface area contributed by atoms with Crippen molar-refractivity contribution in [2.45, 2.75) is 33.6 Å². The van der Waals surface area contributed by atoms with E-state index in [4.69, 9.17) is 0 Å². The smallest absolute Gasteiger partial charge is 0.178 e. The van der Waals surface area contributed by atoms with Crippen molar-refractivity contribution in [1.82, 2.24) is 0 Å². The van der Waals surface area contributed by atoms with Gasteiger partial charge in [0.25, 0.3) is 0 Å². The Morgan fingerprint density at radius 3 is 2.47 bits per heavy atom. The molecule has 82 valence electrons. The molecule has 1 heteroatoms. The number of carbonyl (C=O) groups is 1. The van der Waals surface area contributed by atoms with E-state index >= 15 is 0 Å². The lowest BCUT2D eigenvalue weighted by atomic mass is 10.1. The van der Waals surface area contributed by atoms with Crippen LogP contribution in [0.3, 0.4) is 0 Å². The highest BCUT2D eigenvalue weighted by Crippen LogP contribution is 2.06. The zero-order valence-electron chi connectivity index (χ0n) is 9.92. The van der Waals surface area contributed by atoms with Gasteiger partial charge in [0.1, 0.15) is 0 Å². The van der Waals surface area contributed by atoms with Crippen LogP contribution in [0.5, 0.6) is 0 Å². The normalized spacial score (nSPS) is 11.5. The molecule has 0 rings (SSSR count). The van der Waals surface area contributed by atoms with E-state index in [0.29, 0.717) is 0 Å². The third kappa shape index (κ3) is 8.95. The van der Waals surface area contributed by atoms with Crippen LogP contribution in [0.2, 0.25) is 0 Å². The van der Waals surface area contributed by atoms with Gasteiger partial charge in [0.2, 0.25) is 0 Å². The van der Waals surface area contributed by atoms with Crippen molar-refractivity contribution in [3.05, 3.63) is 48.1 Å². The summed E-state index contributed by atoms with van der Waals surface area (Å²) in [6.07, 6.45) is 10.9. The monoisotopic (exact) mass is 204 g/mol. The summed E-state index contributed by atoms with van der Waals surface area (Å²) in [6.45, 7) is 9.67. The van der Waals surface area contributed by atoms with Gasteiger partial charge in [0, 0.05) is 0 Å². The molecule has 0 radical (unpaired) electrons. The Morgan fingerprint density at radius 1 is 1.27 bits per heavy atom. The molecule has 0 saturated heterocycles. The van der Waals surface area contributed by atoms with Crippen LogP contribution in [0, 0.1) is 0 Å². The highest BCUT2D eigenvalue weighted by molar-refractivity contribution is 5.98. The fraction of sp³-hybridized carbons (Fsp3) is 0.357. The van der Waals surface area contributed by atoms with Crippen LogP contribution in [-0.4, -0.2) is 5.78 Å². The zero-order valence-corrected chi connectivity index (χ0v) is 9.92. The summed E-state index contributed by atoms with van der Waals surface area (Å²) in [6, 6.07) is 0. The van der Waals surface area contributed by atoms with E-state index in [9.17, 15) is 4.79 Å². The number of hydrogen-bond donors (Lipinski definition) is 0. The molecular formula is C14H20O. The van der Waals surface area contributed by atoms with E-state index in [-0.39, 0.29) is 5.78 Å². The summed E-state index contributed by atoms with van der Waals surface area (Å²) in [5.74, 6) is -0.0525. The summed E-state index contributed by atoms with van der Waals surface area (Å²) in [5.41, 5.74) is 2.63. The SMILES string of the molecule is C=CC(=O)C=CC=C(C)CCC=C(C)C. The molecule has 0 aromatic heterocycles. The van der Waals surface area contributed by atoms with E-state index in [1.165, 1.54) is 23.3 Å². The molecule has 0 atom stereocenters. The summed E-state index contributed by atoms with van der Waals surface area (Å²) in [5, 5.41) is 0. The molecule has 0 aliphatic rings. The average molecular weight is 204 g/mol. The van der Waals surface area contributed by atoms with Crippen molar-refractivity contribution in [3.8, 4) is 0 Å². The van der Waals surface area contributed by atoms with Gasteiger partial charge in [-0.2, -0.15) is 0 Å².